The van der Waals surface area contributed by atoms with Gasteiger partial charge in [0.2, 0.25) is 5.91 Å². The molecule has 1 aromatic carbocycles. The normalized spacial score (nSPS) is 19.2. The van der Waals surface area contributed by atoms with E-state index in [9.17, 15) is 14.0 Å². The summed E-state index contributed by atoms with van der Waals surface area (Å²) in [7, 11) is 1.44. The first-order chi connectivity index (χ1) is 9.61. The summed E-state index contributed by atoms with van der Waals surface area (Å²) in [5, 5.41) is 3.08. The number of nitrogens with one attached hydrogen (secondary N) is 1. The first-order valence-corrected chi connectivity index (χ1v) is 6.40. The number of nitrogens with zero attached hydrogens (tertiary/aromatic N) is 1. The Bertz CT molecular complexity index is 490. The van der Waals surface area contributed by atoms with Crippen LogP contribution in [0.3, 0.4) is 0 Å². The smallest absolute Gasteiger partial charge is 0.244 e. The van der Waals surface area contributed by atoms with Crippen LogP contribution < -0.4 is 5.32 Å². The summed E-state index contributed by atoms with van der Waals surface area (Å²) in [4.78, 5) is 25.4. The van der Waals surface area contributed by atoms with Crippen molar-refractivity contribution in [3.8, 4) is 0 Å². The molecule has 1 atom stereocenters. The van der Waals surface area contributed by atoms with Gasteiger partial charge in [-0.2, -0.15) is 0 Å². The molecule has 1 unspecified atom stereocenters. The molecule has 1 saturated heterocycles. The van der Waals surface area contributed by atoms with Crippen molar-refractivity contribution in [3.63, 3.8) is 0 Å². The van der Waals surface area contributed by atoms with Gasteiger partial charge in [0.15, 0.2) is 5.78 Å². The summed E-state index contributed by atoms with van der Waals surface area (Å²) in [6.07, 6.45) is 0. The molecule has 1 amide bonds. The van der Waals surface area contributed by atoms with Crippen molar-refractivity contribution in [1.29, 1.82) is 0 Å². The molecule has 0 bridgehead atoms. The molecular weight excluding hydrogens is 263 g/mol. The van der Waals surface area contributed by atoms with Crippen molar-refractivity contribution in [2.45, 2.75) is 6.04 Å². The molecular formula is C14H17FN2O3. The van der Waals surface area contributed by atoms with Gasteiger partial charge in [-0.25, -0.2) is 4.39 Å². The van der Waals surface area contributed by atoms with Crippen molar-refractivity contribution in [1.82, 2.24) is 10.2 Å². The van der Waals surface area contributed by atoms with Crippen molar-refractivity contribution in [3.05, 3.63) is 35.6 Å². The third kappa shape index (κ3) is 3.40. The third-order valence-corrected chi connectivity index (χ3v) is 3.16. The topological polar surface area (TPSA) is 58.6 Å². The Balaban J connectivity index is 2.06. The largest absolute Gasteiger partial charge is 0.377 e. The SMILES string of the molecule is COCC(=O)CN1CCNC(c2ccc(F)cc2)C1=O. The minimum absolute atomic E-state index is 0.00156. The van der Waals surface area contributed by atoms with Crippen LogP contribution in [0.1, 0.15) is 11.6 Å². The second-order valence-electron chi connectivity index (χ2n) is 4.67. The van der Waals surface area contributed by atoms with Crippen LogP contribution in [0.5, 0.6) is 0 Å². The van der Waals surface area contributed by atoms with Gasteiger partial charge in [-0.1, -0.05) is 12.1 Å². The fourth-order valence-corrected chi connectivity index (χ4v) is 2.22. The lowest BCUT2D eigenvalue weighted by atomic mass is 10.0. The molecule has 0 saturated carbocycles. The summed E-state index contributed by atoms with van der Waals surface area (Å²) >= 11 is 0. The molecule has 1 aliphatic rings. The predicted octanol–water partition coefficient (Wildman–Crippen LogP) is 0.514. The van der Waals surface area contributed by atoms with Gasteiger partial charge in [0, 0.05) is 20.2 Å². The number of carbonyl (C=O) groups excluding carboxylic acids is 2. The zero-order valence-corrected chi connectivity index (χ0v) is 11.3. The van der Waals surface area contributed by atoms with Gasteiger partial charge in [-0.15, -0.1) is 0 Å². The van der Waals surface area contributed by atoms with E-state index in [2.05, 4.69) is 5.32 Å². The first-order valence-electron chi connectivity index (χ1n) is 6.40. The molecule has 2 rings (SSSR count). The molecule has 1 fully saturated rings. The van der Waals surface area contributed by atoms with Gasteiger partial charge in [-0.05, 0) is 17.7 Å². The second kappa shape index (κ2) is 6.58. The van der Waals surface area contributed by atoms with Crippen molar-refractivity contribution >= 4 is 11.7 Å². The number of carbonyl (C=O) groups is 2. The highest BCUT2D eigenvalue weighted by Gasteiger charge is 2.30. The number of rotatable bonds is 5. The number of amides is 1. The monoisotopic (exact) mass is 280 g/mol. The van der Waals surface area contributed by atoms with Gasteiger partial charge in [0.25, 0.3) is 0 Å². The van der Waals surface area contributed by atoms with Crippen molar-refractivity contribution in [2.75, 3.05) is 33.4 Å². The fraction of sp³-hybridized carbons (Fsp3) is 0.429. The fourth-order valence-electron chi connectivity index (χ4n) is 2.22. The van der Waals surface area contributed by atoms with E-state index in [1.807, 2.05) is 0 Å². The molecule has 20 heavy (non-hydrogen) atoms. The quantitative estimate of drug-likeness (QED) is 0.854. The van der Waals surface area contributed by atoms with Crippen LogP contribution in [0.15, 0.2) is 24.3 Å². The second-order valence-corrected chi connectivity index (χ2v) is 4.67. The van der Waals surface area contributed by atoms with E-state index in [1.165, 1.54) is 24.1 Å². The van der Waals surface area contributed by atoms with Crippen LogP contribution in [0, 0.1) is 5.82 Å². The predicted molar refractivity (Wildman–Crippen MR) is 70.6 cm³/mol. The van der Waals surface area contributed by atoms with E-state index in [1.54, 1.807) is 12.1 Å². The van der Waals surface area contributed by atoms with E-state index in [0.717, 1.165) is 0 Å². The number of methoxy groups -OCH3 is 1. The Kier molecular flexibility index (Phi) is 4.81. The lowest BCUT2D eigenvalue weighted by Gasteiger charge is -2.33. The van der Waals surface area contributed by atoms with Gasteiger partial charge in [0.05, 0.1) is 6.54 Å². The Morgan fingerprint density at radius 3 is 2.80 bits per heavy atom. The van der Waals surface area contributed by atoms with E-state index < -0.39 is 6.04 Å². The average Bonchev–Trinajstić information content (AvgIpc) is 2.43. The standard InChI is InChI=1S/C14H17FN2O3/c1-20-9-12(18)8-17-7-6-16-13(14(17)19)10-2-4-11(15)5-3-10/h2-5,13,16H,6-9H2,1H3. The number of piperazine rings is 1. The molecule has 108 valence electrons. The molecule has 1 aliphatic heterocycles. The highest BCUT2D eigenvalue weighted by Crippen LogP contribution is 2.19. The van der Waals surface area contributed by atoms with E-state index in [-0.39, 0.29) is 30.7 Å². The number of hydrogen-bond donors (Lipinski definition) is 1. The lowest BCUT2D eigenvalue weighted by molar-refractivity contribution is -0.140. The van der Waals surface area contributed by atoms with E-state index in [0.29, 0.717) is 18.7 Å². The van der Waals surface area contributed by atoms with Gasteiger partial charge in [-0.3, -0.25) is 9.59 Å². The maximum atomic E-state index is 12.9. The van der Waals surface area contributed by atoms with Crippen LogP contribution >= 0.6 is 0 Å². The van der Waals surface area contributed by atoms with Crippen LogP contribution in [0.4, 0.5) is 4.39 Å². The average molecular weight is 280 g/mol. The summed E-state index contributed by atoms with van der Waals surface area (Å²) in [5.41, 5.74) is 0.695. The molecule has 0 aliphatic carbocycles. The van der Waals surface area contributed by atoms with E-state index in [4.69, 9.17) is 4.74 Å². The van der Waals surface area contributed by atoms with Gasteiger partial charge >= 0.3 is 0 Å². The summed E-state index contributed by atoms with van der Waals surface area (Å²) in [6, 6.07) is 5.26. The number of benzene rings is 1. The highest BCUT2D eigenvalue weighted by atomic mass is 19.1. The highest BCUT2D eigenvalue weighted by molar-refractivity contribution is 5.90. The maximum Gasteiger partial charge on any atom is 0.244 e. The number of ketones is 1. The van der Waals surface area contributed by atoms with Crippen molar-refractivity contribution < 1.29 is 18.7 Å². The van der Waals surface area contributed by atoms with Gasteiger partial charge < -0.3 is 15.0 Å². The van der Waals surface area contributed by atoms with Gasteiger partial charge in [0.1, 0.15) is 18.5 Å². The molecule has 5 nitrogen and oxygen atoms in total. The molecule has 1 heterocycles. The third-order valence-electron chi connectivity index (χ3n) is 3.16. The van der Waals surface area contributed by atoms with Crippen LogP contribution in [-0.4, -0.2) is 49.9 Å². The van der Waals surface area contributed by atoms with Crippen LogP contribution in [0.25, 0.3) is 0 Å². The summed E-state index contributed by atoms with van der Waals surface area (Å²) in [5.74, 6) is -0.656. The van der Waals surface area contributed by atoms with E-state index >= 15 is 0 Å². The molecule has 0 radical (unpaired) electrons. The van der Waals surface area contributed by atoms with Crippen molar-refractivity contribution in [2.24, 2.45) is 0 Å². The number of ether oxygens (including phenoxy) is 1. The molecule has 1 aromatic rings. The summed E-state index contributed by atoms with van der Waals surface area (Å²) < 4.78 is 17.7. The lowest BCUT2D eigenvalue weighted by Crippen LogP contribution is -2.51. The minimum Gasteiger partial charge on any atom is -0.377 e. The Labute approximate surface area is 116 Å². The van der Waals surface area contributed by atoms with Crippen LogP contribution in [0.2, 0.25) is 0 Å². The number of Topliss-reactive ketones (excluding diaryl/α,β-unsaturated/α-hetero) is 1. The number of hydrogen-bond acceptors (Lipinski definition) is 4. The molecule has 0 aromatic heterocycles. The Morgan fingerprint density at radius 1 is 1.45 bits per heavy atom. The first kappa shape index (κ1) is 14.6. The Hall–Kier alpha value is -1.79. The Morgan fingerprint density at radius 2 is 2.15 bits per heavy atom. The zero-order chi connectivity index (χ0) is 14.5. The minimum atomic E-state index is -0.528. The van der Waals surface area contributed by atoms with Crippen LogP contribution in [-0.2, 0) is 14.3 Å². The summed E-state index contributed by atoms with van der Waals surface area (Å²) in [6.45, 7) is 1.12. The molecule has 0 spiro atoms. The zero-order valence-electron chi connectivity index (χ0n) is 11.3. The molecule has 1 N–H and O–H groups in total. The maximum absolute atomic E-state index is 12.9. The molecule has 6 heteroatoms. The number of halogens is 1.